The van der Waals surface area contributed by atoms with E-state index in [1.54, 1.807) is 0 Å². The first-order valence-electron chi connectivity index (χ1n) is 7.41. The summed E-state index contributed by atoms with van der Waals surface area (Å²) in [7, 11) is 0. The number of hydrogen-bond acceptors (Lipinski definition) is 3. The van der Waals surface area contributed by atoms with Crippen molar-refractivity contribution in [2.24, 2.45) is 11.8 Å². The van der Waals surface area contributed by atoms with Crippen molar-refractivity contribution in [2.45, 2.75) is 25.7 Å². The van der Waals surface area contributed by atoms with Crippen molar-refractivity contribution in [3.8, 4) is 0 Å². The summed E-state index contributed by atoms with van der Waals surface area (Å²) in [5.74, 6) is 0.767. The van der Waals surface area contributed by atoms with Crippen LogP contribution < -0.4 is 0 Å². The number of ether oxygens (including phenoxy) is 1. The van der Waals surface area contributed by atoms with Crippen molar-refractivity contribution in [3.63, 3.8) is 0 Å². The number of likely N-dealkylation sites (tertiary alicyclic amines) is 1. The molecular formula is C14H22N2O3. The summed E-state index contributed by atoms with van der Waals surface area (Å²) >= 11 is 0. The van der Waals surface area contributed by atoms with E-state index < -0.39 is 0 Å². The van der Waals surface area contributed by atoms with Crippen LogP contribution in [0.4, 0.5) is 0 Å². The molecule has 2 saturated heterocycles. The highest BCUT2D eigenvalue weighted by Crippen LogP contribution is 2.32. The first kappa shape index (κ1) is 12.9. The molecule has 0 spiro atoms. The second-order valence-corrected chi connectivity index (χ2v) is 5.84. The molecule has 0 N–H and O–H groups in total. The van der Waals surface area contributed by atoms with E-state index in [-0.39, 0.29) is 23.7 Å². The molecule has 3 fully saturated rings. The zero-order chi connectivity index (χ0) is 13.2. The molecule has 0 aromatic carbocycles. The number of hydrogen-bond donors (Lipinski definition) is 0. The third-order valence-electron chi connectivity index (χ3n) is 4.33. The molecule has 2 amide bonds. The Kier molecular flexibility index (Phi) is 3.73. The molecule has 3 rings (SSSR count). The van der Waals surface area contributed by atoms with Gasteiger partial charge in [-0.3, -0.25) is 9.59 Å². The van der Waals surface area contributed by atoms with Gasteiger partial charge in [-0.15, -0.1) is 0 Å². The second kappa shape index (κ2) is 5.49. The van der Waals surface area contributed by atoms with Gasteiger partial charge in [0.2, 0.25) is 11.8 Å². The van der Waals surface area contributed by atoms with Crippen molar-refractivity contribution in [3.05, 3.63) is 0 Å². The van der Waals surface area contributed by atoms with Crippen LogP contribution in [0.2, 0.25) is 0 Å². The van der Waals surface area contributed by atoms with Crippen LogP contribution in [0, 0.1) is 11.8 Å². The lowest BCUT2D eigenvalue weighted by molar-refractivity contribution is -0.144. The maximum absolute atomic E-state index is 12.4. The fraction of sp³-hybridized carbons (Fsp3) is 0.857. The zero-order valence-electron chi connectivity index (χ0n) is 11.3. The van der Waals surface area contributed by atoms with Crippen LogP contribution in [0.3, 0.4) is 0 Å². The summed E-state index contributed by atoms with van der Waals surface area (Å²) in [6.45, 7) is 4.15. The number of nitrogens with zero attached hydrogens (tertiary/aromatic N) is 2. The predicted molar refractivity (Wildman–Crippen MR) is 69.4 cm³/mol. The summed E-state index contributed by atoms with van der Waals surface area (Å²) < 4.78 is 5.28. The predicted octanol–water partition coefficient (Wildman–Crippen LogP) is 0.494. The minimum Gasteiger partial charge on any atom is -0.378 e. The van der Waals surface area contributed by atoms with Crippen LogP contribution >= 0.6 is 0 Å². The Morgan fingerprint density at radius 3 is 2.21 bits per heavy atom. The summed E-state index contributed by atoms with van der Waals surface area (Å²) in [6.07, 6.45) is 3.96. The van der Waals surface area contributed by atoms with Crippen LogP contribution in [-0.4, -0.2) is 61.0 Å². The number of amides is 2. The molecule has 2 heterocycles. The van der Waals surface area contributed by atoms with Crippen molar-refractivity contribution in [1.82, 2.24) is 9.80 Å². The van der Waals surface area contributed by atoms with E-state index in [1.807, 2.05) is 9.80 Å². The van der Waals surface area contributed by atoms with Crippen molar-refractivity contribution in [2.75, 3.05) is 39.4 Å². The van der Waals surface area contributed by atoms with Crippen molar-refractivity contribution in [1.29, 1.82) is 0 Å². The van der Waals surface area contributed by atoms with E-state index in [4.69, 9.17) is 4.74 Å². The molecule has 1 atom stereocenters. The molecule has 19 heavy (non-hydrogen) atoms. The quantitative estimate of drug-likeness (QED) is 0.731. The van der Waals surface area contributed by atoms with E-state index in [0.717, 1.165) is 32.2 Å². The van der Waals surface area contributed by atoms with Gasteiger partial charge in [0.15, 0.2) is 0 Å². The van der Waals surface area contributed by atoms with E-state index in [0.29, 0.717) is 32.8 Å². The Hall–Kier alpha value is -1.10. The number of rotatable bonds is 2. The highest BCUT2D eigenvalue weighted by Gasteiger charge is 2.37. The third-order valence-corrected chi connectivity index (χ3v) is 4.33. The van der Waals surface area contributed by atoms with Gasteiger partial charge in [-0.2, -0.15) is 0 Å². The highest BCUT2D eigenvalue weighted by atomic mass is 16.5. The standard InChI is InChI=1S/C14H22N2O3/c17-13(11-3-4-11)16-5-1-2-12(10-16)14(18)15-6-8-19-9-7-15/h11-12H,1-10H2. The Bertz CT molecular complexity index is 362. The van der Waals surface area contributed by atoms with Crippen LogP contribution in [0.15, 0.2) is 0 Å². The SMILES string of the molecule is O=C(C1CCCN(C(=O)C2CC2)C1)N1CCOCC1. The van der Waals surface area contributed by atoms with E-state index in [1.165, 1.54) is 0 Å². The molecule has 3 aliphatic rings. The Labute approximate surface area is 113 Å². The normalized spacial score (nSPS) is 28.3. The van der Waals surface area contributed by atoms with Crippen LogP contribution in [0.5, 0.6) is 0 Å². The molecule has 1 aliphatic carbocycles. The van der Waals surface area contributed by atoms with Crippen LogP contribution in [-0.2, 0) is 14.3 Å². The first-order chi connectivity index (χ1) is 9.25. The van der Waals surface area contributed by atoms with Gasteiger partial charge in [-0.1, -0.05) is 0 Å². The minimum absolute atomic E-state index is 0.00884. The largest absolute Gasteiger partial charge is 0.378 e. The topological polar surface area (TPSA) is 49.9 Å². The molecule has 0 aromatic rings. The number of carbonyl (C=O) groups is 2. The molecule has 0 radical (unpaired) electrons. The summed E-state index contributed by atoms with van der Waals surface area (Å²) in [5, 5.41) is 0. The second-order valence-electron chi connectivity index (χ2n) is 5.84. The van der Waals surface area contributed by atoms with Crippen LogP contribution in [0.1, 0.15) is 25.7 Å². The average molecular weight is 266 g/mol. The van der Waals surface area contributed by atoms with Gasteiger partial charge in [-0.25, -0.2) is 0 Å². The summed E-state index contributed by atoms with van der Waals surface area (Å²) in [6, 6.07) is 0. The van der Waals surface area contributed by atoms with Gasteiger partial charge >= 0.3 is 0 Å². The Morgan fingerprint density at radius 2 is 1.53 bits per heavy atom. The van der Waals surface area contributed by atoms with E-state index in [9.17, 15) is 9.59 Å². The van der Waals surface area contributed by atoms with Gasteiger partial charge in [-0.05, 0) is 25.7 Å². The van der Waals surface area contributed by atoms with E-state index >= 15 is 0 Å². The molecule has 5 heteroatoms. The van der Waals surface area contributed by atoms with Gasteiger partial charge in [0, 0.05) is 32.1 Å². The molecule has 106 valence electrons. The van der Waals surface area contributed by atoms with E-state index in [2.05, 4.69) is 0 Å². The molecule has 1 saturated carbocycles. The maximum Gasteiger partial charge on any atom is 0.227 e. The lowest BCUT2D eigenvalue weighted by Crippen LogP contribution is -2.49. The van der Waals surface area contributed by atoms with Gasteiger partial charge < -0.3 is 14.5 Å². The first-order valence-corrected chi connectivity index (χ1v) is 7.41. The van der Waals surface area contributed by atoms with Crippen molar-refractivity contribution >= 4 is 11.8 Å². The summed E-state index contributed by atoms with van der Waals surface area (Å²) in [4.78, 5) is 28.3. The average Bonchev–Trinajstić information content (AvgIpc) is 3.31. The van der Waals surface area contributed by atoms with Gasteiger partial charge in [0.25, 0.3) is 0 Å². The van der Waals surface area contributed by atoms with Gasteiger partial charge in [0.05, 0.1) is 19.1 Å². The zero-order valence-corrected chi connectivity index (χ0v) is 11.3. The maximum atomic E-state index is 12.4. The lowest BCUT2D eigenvalue weighted by atomic mass is 9.96. The molecule has 0 aromatic heterocycles. The monoisotopic (exact) mass is 266 g/mol. The fourth-order valence-electron chi connectivity index (χ4n) is 3.01. The smallest absolute Gasteiger partial charge is 0.227 e. The Morgan fingerprint density at radius 1 is 0.842 bits per heavy atom. The molecular weight excluding hydrogens is 244 g/mol. The molecule has 1 unspecified atom stereocenters. The molecule has 0 bridgehead atoms. The van der Waals surface area contributed by atoms with Gasteiger partial charge in [0.1, 0.15) is 0 Å². The third kappa shape index (κ3) is 2.91. The summed E-state index contributed by atoms with van der Waals surface area (Å²) in [5.41, 5.74) is 0. The van der Waals surface area contributed by atoms with Crippen LogP contribution in [0.25, 0.3) is 0 Å². The molecule has 5 nitrogen and oxygen atoms in total. The highest BCUT2D eigenvalue weighted by molar-refractivity contribution is 5.83. The fourth-order valence-corrected chi connectivity index (χ4v) is 3.01. The number of morpholine rings is 1. The minimum atomic E-state index is 0.00884. The Balaban J connectivity index is 1.57. The number of piperidine rings is 1. The number of carbonyl (C=O) groups excluding carboxylic acids is 2. The molecule has 2 aliphatic heterocycles. The van der Waals surface area contributed by atoms with Crippen molar-refractivity contribution < 1.29 is 14.3 Å². The lowest BCUT2D eigenvalue weighted by Gasteiger charge is -2.36.